The topological polar surface area (TPSA) is 49.0 Å². The first-order chi connectivity index (χ1) is 8.68. The fraction of sp³-hybridized carbons (Fsp3) is 0.714. The number of aromatic amines is 1. The van der Waals surface area contributed by atoms with Crippen molar-refractivity contribution in [2.75, 3.05) is 6.54 Å². The van der Waals surface area contributed by atoms with Crippen LogP contribution >= 0.6 is 0 Å². The highest BCUT2D eigenvalue weighted by atomic mass is 16.2. The summed E-state index contributed by atoms with van der Waals surface area (Å²) in [4.78, 5) is 14.8. The van der Waals surface area contributed by atoms with Gasteiger partial charge in [0, 0.05) is 18.3 Å². The molecule has 18 heavy (non-hydrogen) atoms. The van der Waals surface area contributed by atoms with E-state index in [1.54, 1.807) is 0 Å². The average molecular weight is 247 g/mol. The minimum Gasteiger partial charge on any atom is -0.335 e. The number of fused-ring (bicyclic) bond motifs is 1. The van der Waals surface area contributed by atoms with E-state index in [2.05, 4.69) is 15.1 Å². The van der Waals surface area contributed by atoms with Crippen LogP contribution in [-0.2, 0) is 0 Å². The van der Waals surface area contributed by atoms with E-state index in [-0.39, 0.29) is 5.91 Å². The first-order valence-electron chi connectivity index (χ1n) is 7.01. The Kier molecular flexibility index (Phi) is 2.88. The molecule has 1 aliphatic heterocycles. The Morgan fingerprint density at radius 2 is 2.06 bits per heavy atom. The standard InChI is InChI=1S/C14H21N3O/c1-9-13(10(2)16-15-9)14(18)17-8-7-11-5-3-4-6-12(11)17/h11-12H,3-8H2,1-2H3,(H,15,16). The Balaban J connectivity index is 1.85. The van der Waals surface area contributed by atoms with Crippen molar-refractivity contribution in [3.63, 3.8) is 0 Å². The van der Waals surface area contributed by atoms with Crippen molar-refractivity contribution in [2.24, 2.45) is 5.92 Å². The third kappa shape index (κ3) is 1.74. The lowest BCUT2D eigenvalue weighted by atomic mass is 9.85. The van der Waals surface area contributed by atoms with Crippen LogP contribution in [0.15, 0.2) is 0 Å². The number of nitrogens with one attached hydrogen (secondary N) is 1. The first kappa shape index (κ1) is 11.8. The van der Waals surface area contributed by atoms with E-state index < -0.39 is 0 Å². The number of nitrogens with zero attached hydrogens (tertiary/aromatic N) is 2. The second-order valence-corrected chi connectivity index (χ2v) is 5.71. The number of aryl methyl sites for hydroxylation is 2. The summed E-state index contributed by atoms with van der Waals surface area (Å²) in [6, 6.07) is 0.486. The van der Waals surface area contributed by atoms with E-state index in [9.17, 15) is 4.79 Å². The zero-order chi connectivity index (χ0) is 12.7. The van der Waals surface area contributed by atoms with Gasteiger partial charge in [0.25, 0.3) is 5.91 Å². The molecule has 0 bridgehead atoms. The normalized spacial score (nSPS) is 27.3. The van der Waals surface area contributed by atoms with Crippen LogP contribution in [0.1, 0.15) is 53.8 Å². The number of carbonyl (C=O) groups excluding carboxylic acids is 1. The van der Waals surface area contributed by atoms with Crippen molar-refractivity contribution in [2.45, 2.75) is 52.0 Å². The number of amides is 1. The largest absolute Gasteiger partial charge is 0.335 e. The zero-order valence-corrected chi connectivity index (χ0v) is 11.2. The van der Waals surface area contributed by atoms with Crippen LogP contribution in [0.3, 0.4) is 0 Å². The van der Waals surface area contributed by atoms with Gasteiger partial charge in [0.15, 0.2) is 0 Å². The molecule has 0 radical (unpaired) electrons. The summed E-state index contributed by atoms with van der Waals surface area (Å²) in [6.45, 7) is 4.77. The summed E-state index contributed by atoms with van der Waals surface area (Å²) < 4.78 is 0. The predicted octanol–water partition coefficient (Wildman–Crippen LogP) is 2.43. The average Bonchev–Trinajstić information content (AvgIpc) is 2.93. The fourth-order valence-electron chi connectivity index (χ4n) is 3.67. The van der Waals surface area contributed by atoms with Crippen LogP contribution in [0.2, 0.25) is 0 Å². The lowest BCUT2D eigenvalue weighted by Crippen LogP contribution is -2.39. The van der Waals surface area contributed by atoms with Crippen molar-refractivity contribution in [1.29, 1.82) is 0 Å². The minimum absolute atomic E-state index is 0.188. The highest BCUT2D eigenvalue weighted by Crippen LogP contribution is 2.37. The minimum atomic E-state index is 0.188. The van der Waals surface area contributed by atoms with Gasteiger partial charge in [0.1, 0.15) is 0 Å². The van der Waals surface area contributed by atoms with Crippen molar-refractivity contribution < 1.29 is 4.79 Å². The first-order valence-corrected chi connectivity index (χ1v) is 7.01. The molecule has 1 aliphatic carbocycles. The van der Waals surface area contributed by atoms with Crippen LogP contribution in [0.5, 0.6) is 0 Å². The molecule has 2 atom stereocenters. The molecule has 1 amide bonds. The van der Waals surface area contributed by atoms with Gasteiger partial charge in [-0.1, -0.05) is 12.8 Å². The monoisotopic (exact) mass is 247 g/mol. The number of H-pyrrole nitrogens is 1. The Morgan fingerprint density at radius 3 is 2.78 bits per heavy atom. The van der Waals surface area contributed by atoms with Crippen LogP contribution < -0.4 is 0 Å². The molecule has 4 heteroatoms. The van der Waals surface area contributed by atoms with E-state index in [0.717, 1.165) is 29.4 Å². The van der Waals surface area contributed by atoms with E-state index in [4.69, 9.17) is 0 Å². The Hall–Kier alpha value is -1.32. The Morgan fingerprint density at radius 1 is 1.28 bits per heavy atom. The van der Waals surface area contributed by atoms with Gasteiger partial charge in [-0.05, 0) is 39.0 Å². The zero-order valence-electron chi connectivity index (χ0n) is 11.2. The highest BCUT2D eigenvalue weighted by Gasteiger charge is 2.39. The third-order valence-corrected chi connectivity index (χ3v) is 4.61. The maximum Gasteiger partial charge on any atom is 0.257 e. The second kappa shape index (κ2) is 4.41. The van der Waals surface area contributed by atoms with E-state index in [0.29, 0.717) is 6.04 Å². The van der Waals surface area contributed by atoms with E-state index >= 15 is 0 Å². The van der Waals surface area contributed by atoms with Crippen molar-refractivity contribution in [3.05, 3.63) is 17.0 Å². The molecule has 2 fully saturated rings. The molecular weight excluding hydrogens is 226 g/mol. The maximum absolute atomic E-state index is 12.7. The summed E-state index contributed by atoms with van der Waals surface area (Å²) in [7, 11) is 0. The number of rotatable bonds is 1. The van der Waals surface area contributed by atoms with Gasteiger partial charge in [-0.2, -0.15) is 5.10 Å². The Bertz CT molecular complexity index is 446. The lowest BCUT2D eigenvalue weighted by Gasteiger charge is -2.31. The summed E-state index contributed by atoms with van der Waals surface area (Å²) >= 11 is 0. The predicted molar refractivity (Wildman–Crippen MR) is 69.5 cm³/mol. The Labute approximate surface area is 108 Å². The second-order valence-electron chi connectivity index (χ2n) is 5.71. The van der Waals surface area contributed by atoms with Gasteiger partial charge < -0.3 is 4.90 Å². The highest BCUT2D eigenvalue weighted by molar-refractivity contribution is 5.96. The van der Waals surface area contributed by atoms with Gasteiger partial charge in [-0.15, -0.1) is 0 Å². The molecular formula is C14H21N3O. The summed E-state index contributed by atoms with van der Waals surface area (Å²) in [5.41, 5.74) is 2.52. The molecule has 1 aromatic heterocycles. The molecule has 1 N–H and O–H groups in total. The molecule has 4 nitrogen and oxygen atoms in total. The van der Waals surface area contributed by atoms with Crippen molar-refractivity contribution in [1.82, 2.24) is 15.1 Å². The third-order valence-electron chi connectivity index (χ3n) is 4.61. The molecule has 0 spiro atoms. The molecule has 0 aromatic carbocycles. The molecule has 1 saturated heterocycles. The summed E-state index contributed by atoms with van der Waals surface area (Å²) in [5.74, 6) is 0.934. The molecule has 1 aromatic rings. The van der Waals surface area contributed by atoms with Crippen molar-refractivity contribution in [3.8, 4) is 0 Å². The SMILES string of the molecule is Cc1n[nH]c(C)c1C(=O)N1CCC2CCCCC21. The maximum atomic E-state index is 12.7. The number of carbonyl (C=O) groups is 1. The van der Waals surface area contributed by atoms with Gasteiger partial charge in [-0.3, -0.25) is 9.89 Å². The molecule has 98 valence electrons. The van der Waals surface area contributed by atoms with Crippen LogP contribution in [0, 0.1) is 19.8 Å². The van der Waals surface area contributed by atoms with Gasteiger partial charge in [-0.25, -0.2) is 0 Å². The molecule has 1 saturated carbocycles. The van der Waals surface area contributed by atoms with Crippen LogP contribution in [-0.4, -0.2) is 33.6 Å². The number of aromatic nitrogens is 2. The lowest BCUT2D eigenvalue weighted by molar-refractivity contribution is 0.0688. The smallest absolute Gasteiger partial charge is 0.257 e. The molecule has 2 heterocycles. The number of hydrogen-bond donors (Lipinski definition) is 1. The van der Waals surface area contributed by atoms with Gasteiger partial charge in [0.05, 0.1) is 11.3 Å². The summed E-state index contributed by atoms with van der Waals surface area (Å²) in [6.07, 6.45) is 6.29. The molecule has 3 rings (SSSR count). The number of likely N-dealkylation sites (tertiary alicyclic amines) is 1. The van der Waals surface area contributed by atoms with E-state index in [1.165, 1.54) is 32.1 Å². The summed E-state index contributed by atoms with van der Waals surface area (Å²) in [5, 5.41) is 7.06. The van der Waals surface area contributed by atoms with Gasteiger partial charge in [0.2, 0.25) is 0 Å². The van der Waals surface area contributed by atoms with E-state index in [1.807, 2.05) is 13.8 Å². The molecule has 2 unspecified atom stereocenters. The number of hydrogen-bond acceptors (Lipinski definition) is 2. The fourth-order valence-corrected chi connectivity index (χ4v) is 3.67. The van der Waals surface area contributed by atoms with Gasteiger partial charge >= 0.3 is 0 Å². The quantitative estimate of drug-likeness (QED) is 0.828. The van der Waals surface area contributed by atoms with Crippen LogP contribution in [0.25, 0.3) is 0 Å². The van der Waals surface area contributed by atoms with Crippen molar-refractivity contribution >= 4 is 5.91 Å². The van der Waals surface area contributed by atoms with Crippen LogP contribution in [0.4, 0.5) is 0 Å². The molecule has 2 aliphatic rings.